The third-order valence-corrected chi connectivity index (χ3v) is 6.40. The lowest BCUT2D eigenvalue weighted by atomic mass is 9.90. The molecule has 6 atom stereocenters. The largest absolute Gasteiger partial charge is 0.465 e. The van der Waals surface area contributed by atoms with Crippen molar-refractivity contribution in [1.82, 2.24) is 0 Å². The van der Waals surface area contributed by atoms with Crippen molar-refractivity contribution in [2.75, 3.05) is 26.6 Å². The van der Waals surface area contributed by atoms with E-state index in [1.165, 1.54) is 12.8 Å². The zero-order valence-electron chi connectivity index (χ0n) is 16.3. The Morgan fingerprint density at radius 3 is 2.19 bits per heavy atom. The number of epoxide rings is 2. The van der Waals surface area contributed by atoms with Crippen molar-refractivity contribution in [2.45, 2.75) is 88.6 Å². The number of unbranched alkanes of at least 4 members (excludes halogenated alkanes) is 2. The van der Waals surface area contributed by atoms with E-state index in [1.54, 1.807) is 0 Å². The molecule has 0 spiro atoms. The molecule has 4 aliphatic rings. The lowest BCUT2D eigenvalue weighted by Crippen LogP contribution is -2.20. The molecule has 2 aliphatic heterocycles. The summed E-state index contributed by atoms with van der Waals surface area (Å²) in [5.74, 6) is 1.07. The Hall–Kier alpha value is -0.690. The smallest absolute Gasteiger partial charge is 0.305 e. The molecule has 4 fully saturated rings. The normalized spacial score (nSPS) is 36.6. The topological polar surface area (TPSA) is 69.8 Å². The van der Waals surface area contributed by atoms with Crippen LogP contribution in [0.3, 0.4) is 0 Å². The molecule has 4 unspecified atom stereocenters. The van der Waals surface area contributed by atoms with Crippen molar-refractivity contribution in [2.24, 2.45) is 11.8 Å². The lowest BCUT2D eigenvalue weighted by molar-refractivity contribution is -0.145. The number of hydrogen-bond donors (Lipinski definition) is 0. The number of carbonyl (C=O) groups excluding carboxylic acids is 1. The van der Waals surface area contributed by atoms with Crippen LogP contribution in [0.4, 0.5) is 0 Å². The van der Waals surface area contributed by atoms with E-state index < -0.39 is 0 Å². The average Bonchev–Trinajstić information content (AvgIpc) is 3.58. The van der Waals surface area contributed by atoms with Crippen LogP contribution < -0.4 is 0 Å². The van der Waals surface area contributed by atoms with Gasteiger partial charge in [0.15, 0.2) is 0 Å². The fraction of sp³-hybridized carbons (Fsp3) is 0.952. The summed E-state index contributed by atoms with van der Waals surface area (Å²) in [5, 5.41) is 0. The van der Waals surface area contributed by atoms with E-state index in [1.807, 2.05) is 0 Å². The van der Waals surface area contributed by atoms with Gasteiger partial charge in [-0.3, -0.25) is 4.79 Å². The molecule has 2 aliphatic carbocycles. The van der Waals surface area contributed by atoms with Gasteiger partial charge in [0, 0.05) is 13.0 Å². The molecule has 2 saturated carbocycles. The van der Waals surface area contributed by atoms with Crippen LogP contribution in [0, 0.1) is 11.8 Å². The Bertz CT molecular complexity index is 483. The van der Waals surface area contributed by atoms with Crippen molar-refractivity contribution in [3.63, 3.8) is 0 Å². The third kappa shape index (κ3) is 6.41. The van der Waals surface area contributed by atoms with Gasteiger partial charge in [-0.05, 0) is 63.2 Å². The van der Waals surface area contributed by atoms with Crippen LogP contribution in [-0.4, -0.2) is 57.0 Å². The first-order chi connectivity index (χ1) is 13.3. The zero-order chi connectivity index (χ0) is 18.5. The molecule has 0 aromatic carbocycles. The SMILES string of the molecule is O=C(CCCCCOCOCC1CC[C@H]2OC2C1)OCC1CCC2O[C@H]2C1. The van der Waals surface area contributed by atoms with Gasteiger partial charge in [-0.1, -0.05) is 6.42 Å². The molecule has 2 saturated heterocycles. The molecule has 6 heteroatoms. The fourth-order valence-corrected chi connectivity index (χ4v) is 4.54. The third-order valence-electron chi connectivity index (χ3n) is 6.40. The summed E-state index contributed by atoms with van der Waals surface area (Å²) in [6.07, 6.45) is 12.2. The highest BCUT2D eigenvalue weighted by atomic mass is 16.7. The zero-order valence-corrected chi connectivity index (χ0v) is 16.3. The summed E-state index contributed by atoms with van der Waals surface area (Å²) in [5.41, 5.74) is 0. The van der Waals surface area contributed by atoms with E-state index in [0.717, 1.165) is 51.6 Å². The highest BCUT2D eigenvalue weighted by Gasteiger charge is 2.44. The van der Waals surface area contributed by atoms with Gasteiger partial charge in [-0.25, -0.2) is 0 Å². The van der Waals surface area contributed by atoms with Gasteiger partial charge in [-0.2, -0.15) is 0 Å². The molecular formula is C21H34O6. The molecule has 4 rings (SSSR count). The van der Waals surface area contributed by atoms with Gasteiger partial charge < -0.3 is 23.7 Å². The molecule has 0 bridgehead atoms. The standard InChI is InChI=1S/C21H34O6/c22-21(25-13-16-6-8-18-20(11-16)27-18)4-2-1-3-9-23-14-24-12-15-5-7-17-19(10-15)26-17/h15-20H,1-14H2/t15?,16?,17-,18?,19?,20+/m1/s1. The average molecular weight is 382 g/mol. The van der Waals surface area contributed by atoms with Crippen LogP contribution in [0.15, 0.2) is 0 Å². The van der Waals surface area contributed by atoms with E-state index in [4.69, 9.17) is 23.7 Å². The summed E-state index contributed by atoms with van der Waals surface area (Å²) in [6.45, 7) is 2.42. The van der Waals surface area contributed by atoms with Crippen LogP contribution in [0.25, 0.3) is 0 Å². The first-order valence-electron chi connectivity index (χ1n) is 10.9. The highest BCUT2D eigenvalue weighted by Crippen LogP contribution is 2.40. The second kappa shape index (κ2) is 9.68. The van der Waals surface area contributed by atoms with E-state index >= 15 is 0 Å². The number of ether oxygens (including phenoxy) is 5. The minimum Gasteiger partial charge on any atom is -0.465 e. The Labute approximate surface area is 162 Å². The molecule has 0 radical (unpaired) electrons. The summed E-state index contributed by atoms with van der Waals surface area (Å²) < 4.78 is 27.6. The van der Waals surface area contributed by atoms with Crippen LogP contribution in [-0.2, 0) is 28.5 Å². The van der Waals surface area contributed by atoms with Gasteiger partial charge in [0.2, 0.25) is 0 Å². The van der Waals surface area contributed by atoms with Crippen molar-refractivity contribution >= 4 is 5.97 Å². The van der Waals surface area contributed by atoms with Crippen LogP contribution in [0.5, 0.6) is 0 Å². The Morgan fingerprint density at radius 2 is 1.48 bits per heavy atom. The molecule has 154 valence electrons. The molecule has 27 heavy (non-hydrogen) atoms. The van der Waals surface area contributed by atoms with E-state index in [0.29, 0.717) is 62.7 Å². The van der Waals surface area contributed by atoms with Crippen molar-refractivity contribution in [3.8, 4) is 0 Å². The van der Waals surface area contributed by atoms with Crippen LogP contribution in [0.1, 0.15) is 64.2 Å². The first-order valence-corrected chi connectivity index (χ1v) is 10.9. The van der Waals surface area contributed by atoms with Crippen LogP contribution in [0.2, 0.25) is 0 Å². The molecular weight excluding hydrogens is 348 g/mol. The van der Waals surface area contributed by atoms with Crippen molar-refractivity contribution in [1.29, 1.82) is 0 Å². The first kappa shape index (κ1) is 19.6. The summed E-state index contributed by atoms with van der Waals surface area (Å²) in [4.78, 5) is 11.8. The van der Waals surface area contributed by atoms with Crippen LogP contribution >= 0.6 is 0 Å². The molecule has 2 heterocycles. The molecule has 0 N–H and O–H groups in total. The Morgan fingerprint density at radius 1 is 0.778 bits per heavy atom. The van der Waals surface area contributed by atoms with Crippen molar-refractivity contribution in [3.05, 3.63) is 0 Å². The van der Waals surface area contributed by atoms with Gasteiger partial charge in [0.05, 0.1) is 37.6 Å². The predicted octanol–water partition coefficient (Wildman–Crippen LogP) is 3.22. The Balaban J connectivity index is 0.909. The van der Waals surface area contributed by atoms with Gasteiger partial charge in [-0.15, -0.1) is 0 Å². The van der Waals surface area contributed by atoms with E-state index in [2.05, 4.69) is 0 Å². The maximum atomic E-state index is 11.8. The number of esters is 1. The molecule has 0 aromatic heterocycles. The van der Waals surface area contributed by atoms with E-state index in [9.17, 15) is 4.79 Å². The molecule has 0 amide bonds. The lowest BCUT2D eigenvalue weighted by Gasteiger charge is -2.18. The second-order valence-electron chi connectivity index (χ2n) is 8.67. The van der Waals surface area contributed by atoms with Gasteiger partial charge in [0.1, 0.15) is 6.79 Å². The van der Waals surface area contributed by atoms with Crippen molar-refractivity contribution < 1.29 is 28.5 Å². The number of carbonyl (C=O) groups is 1. The monoisotopic (exact) mass is 382 g/mol. The number of fused-ring (bicyclic) bond motifs is 2. The predicted molar refractivity (Wildman–Crippen MR) is 98.2 cm³/mol. The molecule has 6 nitrogen and oxygen atoms in total. The fourth-order valence-electron chi connectivity index (χ4n) is 4.54. The van der Waals surface area contributed by atoms with Gasteiger partial charge in [0.25, 0.3) is 0 Å². The molecule has 0 aromatic rings. The number of rotatable bonds is 12. The minimum atomic E-state index is -0.0625. The highest BCUT2D eigenvalue weighted by molar-refractivity contribution is 5.69. The number of hydrogen-bond acceptors (Lipinski definition) is 6. The summed E-state index contributed by atoms with van der Waals surface area (Å²) >= 11 is 0. The summed E-state index contributed by atoms with van der Waals surface area (Å²) in [7, 11) is 0. The minimum absolute atomic E-state index is 0.0625. The summed E-state index contributed by atoms with van der Waals surface area (Å²) in [6, 6.07) is 0. The van der Waals surface area contributed by atoms with E-state index in [-0.39, 0.29) is 5.97 Å². The Kier molecular flexibility index (Phi) is 7.03. The second-order valence-corrected chi connectivity index (χ2v) is 8.67. The maximum Gasteiger partial charge on any atom is 0.305 e. The quantitative estimate of drug-likeness (QED) is 0.223. The van der Waals surface area contributed by atoms with Gasteiger partial charge >= 0.3 is 5.97 Å². The maximum absolute atomic E-state index is 11.8.